The molecule has 0 saturated carbocycles. The van der Waals surface area contributed by atoms with Gasteiger partial charge in [-0.25, -0.2) is 0 Å². The van der Waals surface area contributed by atoms with Crippen molar-refractivity contribution >= 4 is 5.91 Å². The molecule has 0 aliphatic carbocycles. The summed E-state index contributed by atoms with van der Waals surface area (Å²) in [5.41, 5.74) is 1.21. The molecule has 4 nitrogen and oxygen atoms in total. The fraction of sp³-hybridized carbons (Fsp3) is 0.650. The molecule has 1 aliphatic heterocycles. The van der Waals surface area contributed by atoms with Crippen LogP contribution in [0.2, 0.25) is 0 Å². The molecule has 24 heavy (non-hydrogen) atoms. The van der Waals surface area contributed by atoms with Gasteiger partial charge in [0.1, 0.15) is 12.4 Å². The zero-order valence-electron chi connectivity index (χ0n) is 15.3. The molecule has 1 fully saturated rings. The monoisotopic (exact) mass is 332 g/mol. The first-order valence-electron chi connectivity index (χ1n) is 9.27. The zero-order chi connectivity index (χ0) is 17.4. The highest BCUT2D eigenvalue weighted by molar-refractivity contribution is 5.76. The summed E-state index contributed by atoms with van der Waals surface area (Å²) in [7, 11) is 0. The third kappa shape index (κ3) is 5.82. The van der Waals surface area contributed by atoms with Gasteiger partial charge in [0.2, 0.25) is 5.91 Å². The Bertz CT molecular complexity index is 510. The Morgan fingerprint density at radius 1 is 1.25 bits per heavy atom. The van der Waals surface area contributed by atoms with Crippen LogP contribution in [0.15, 0.2) is 24.3 Å². The van der Waals surface area contributed by atoms with Gasteiger partial charge in [0.25, 0.3) is 0 Å². The van der Waals surface area contributed by atoms with E-state index in [1.54, 1.807) is 0 Å². The van der Waals surface area contributed by atoms with Crippen molar-refractivity contribution < 1.29 is 9.53 Å². The van der Waals surface area contributed by atoms with Gasteiger partial charge in [0, 0.05) is 6.42 Å². The molecule has 1 aromatic rings. The third-order valence-corrected chi connectivity index (χ3v) is 4.92. The lowest BCUT2D eigenvalue weighted by Crippen LogP contribution is -2.34. The highest BCUT2D eigenvalue weighted by atomic mass is 16.5. The molecule has 1 unspecified atom stereocenters. The number of carbonyl (C=O) groups is 1. The van der Waals surface area contributed by atoms with Gasteiger partial charge in [-0.2, -0.15) is 0 Å². The van der Waals surface area contributed by atoms with Crippen LogP contribution in [-0.4, -0.2) is 32.1 Å². The van der Waals surface area contributed by atoms with Gasteiger partial charge in [-0.1, -0.05) is 39.0 Å². The van der Waals surface area contributed by atoms with Crippen molar-refractivity contribution in [3.63, 3.8) is 0 Å². The quantitative estimate of drug-likeness (QED) is 0.718. The van der Waals surface area contributed by atoms with Crippen LogP contribution in [0.25, 0.3) is 0 Å². The van der Waals surface area contributed by atoms with Crippen LogP contribution in [0.1, 0.15) is 51.5 Å². The normalized spacial score (nSPS) is 16.8. The smallest absolute Gasteiger partial charge is 0.220 e. The van der Waals surface area contributed by atoms with Crippen molar-refractivity contribution in [3.8, 4) is 5.75 Å². The number of amides is 1. The number of ether oxygens (including phenoxy) is 1. The molecule has 1 aliphatic rings. The van der Waals surface area contributed by atoms with Crippen LogP contribution in [0.3, 0.4) is 0 Å². The predicted molar refractivity (Wildman–Crippen MR) is 98.4 cm³/mol. The highest BCUT2D eigenvalue weighted by Crippen LogP contribution is 2.26. The lowest BCUT2D eigenvalue weighted by Gasteiger charge is -2.27. The number of piperidine rings is 1. The van der Waals surface area contributed by atoms with Gasteiger partial charge in [-0.15, -0.1) is 0 Å². The average molecular weight is 332 g/mol. The first kappa shape index (κ1) is 18.8. The van der Waals surface area contributed by atoms with Crippen LogP contribution < -0.4 is 15.4 Å². The fourth-order valence-corrected chi connectivity index (χ4v) is 3.38. The summed E-state index contributed by atoms with van der Waals surface area (Å²) in [4.78, 5) is 12.1. The summed E-state index contributed by atoms with van der Waals surface area (Å²) in [6.45, 7) is 9.75. The minimum atomic E-state index is 0.141. The minimum absolute atomic E-state index is 0.141. The van der Waals surface area contributed by atoms with E-state index in [0.29, 0.717) is 37.3 Å². The van der Waals surface area contributed by atoms with Gasteiger partial charge < -0.3 is 15.4 Å². The summed E-state index contributed by atoms with van der Waals surface area (Å²) in [6, 6.07) is 8.11. The molecule has 134 valence electrons. The minimum Gasteiger partial charge on any atom is -0.491 e. The Hall–Kier alpha value is -1.55. The van der Waals surface area contributed by atoms with Crippen molar-refractivity contribution in [2.45, 2.75) is 46.0 Å². The van der Waals surface area contributed by atoms with E-state index in [9.17, 15) is 4.79 Å². The molecule has 2 rings (SSSR count). The Morgan fingerprint density at radius 3 is 2.67 bits per heavy atom. The van der Waals surface area contributed by atoms with Gasteiger partial charge in [-0.05, 0) is 55.3 Å². The van der Waals surface area contributed by atoms with Crippen LogP contribution in [0.4, 0.5) is 0 Å². The van der Waals surface area contributed by atoms with E-state index in [1.807, 2.05) is 18.2 Å². The third-order valence-electron chi connectivity index (χ3n) is 4.92. The van der Waals surface area contributed by atoms with E-state index >= 15 is 0 Å². The Morgan fingerprint density at radius 2 is 1.96 bits per heavy atom. The molecule has 1 aromatic carbocycles. The molecule has 0 aromatic heterocycles. The van der Waals surface area contributed by atoms with Gasteiger partial charge in [0.15, 0.2) is 0 Å². The maximum Gasteiger partial charge on any atom is 0.220 e. The summed E-state index contributed by atoms with van der Waals surface area (Å²) in [5, 5.41) is 6.37. The Labute approximate surface area is 146 Å². The number of benzene rings is 1. The molecular weight excluding hydrogens is 300 g/mol. The number of hydrogen-bond donors (Lipinski definition) is 2. The van der Waals surface area contributed by atoms with Crippen molar-refractivity contribution in [1.29, 1.82) is 0 Å². The van der Waals surface area contributed by atoms with E-state index in [1.165, 1.54) is 18.4 Å². The highest BCUT2D eigenvalue weighted by Gasteiger charge is 2.21. The second kappa shape index (κ2) is 9.67. The SMILES string of the molecule is CC(C)c1ccccc1OCCNC(=O)CC(C)C1CCNCC1. The summed E-state index contributed by atoms with van der Waals surface area (Å²) in [5.74, 6) is 2.62. The largest absolute Gasteiger partial charge is 0.491 e. The predicted octanol–water partition coefficient (Wildman–Crippen LogP) is 3.33. The van der Waals surface area contributed by atoms with Crippen molar-refractivity contribution in [2.24, 2.45) is 11.8 Å². The molecule has 4 heteroatoms. The molecule has 1 heterocycles. The molecule has 1 atom stereocenters. The summed E-state index contributed by atoms with van der Waals surface area (Å²) in [6.07, 6.45) is 2.99. The van der Waals surface area contributed by atoms with E-state index in [4.69, 9.17) is 4.74 Å². The van der Waals surface area contributed by atoms with Gasteiger partial charge in [-0.3, -0.25) is 4.79 Å². The molecule has 0 radical (unpaired) electrons. The standard InChI is InChI=1S/C20H32N2O2/c1-15(2)18-6-4-5-7-19(18)24-13-12-22-20(23)14-16(3)17-8-10-21-11-9-17/h4-7,15-17,21H,8-14H2,1-3H3,(H,22,23). The topological polar surface area (TPSA) is 50.4 Å². The summed E-state index contributed by atoms with van der Waals surface area (Å²) >= 11 is 0. The molecule has 0 spiro atoms. The fourth-order valence-electron chi connectivity index (χ4n) is 3.38. The van der Waals surface area contributed by atoms with E-state index in [-0.39, 0.29) is 5.91 Å². The van der Waals surface area contributed by atoms with E-state index < -0.39 is 0 Å². The van der Waals surface area contributed by atoms with Crippen LogP contribution in [0, 0.1) is 11.8 Å². The number of nitrogens with one attached hydrogen (secondary N) is 2. The zero-order valence-corrected chi connectivity index (χ0v) is 15.3. The van der Waals surface area contributed by atoms with Crippen molar-refractivity contribution in [3.05, 3.63) is 29.8 Å². The Kier molecular flexibility index (Phi) is 7.57. The molecule has 1 saturated heterocycles. The lowest BCUT2D eigenvalue weighted by atomic mass is 9.84. The number of hydrogen-bond acceptors (Lipinski definition) is 3. The average Bonchev–Trinajstić information content (AvgIpc) is 2.59. The number of para-hydroxylation sites is 1. The van der Waals surface area contributed by atoms with E-state index in [0.717, 1.165) is 18.8 Å². The first-order chi connectivity index (χ1) is 11.6. The first-order valence-corrected chi connectivity index (χ1v) is 9.27. The lowest BCUT2D eigenvalue weighted by molar-refractivity contribution is -0.122. The molecular formula is C20H32N2O2. The second-order valence-corrected chi connectivity index (χ2v) is 7.16. The molecule has 0 bridgehead atoms. The number of rotatable bonds is 8. The van der Waals surface area contributed by atoms with E-state index in [2.05, 4.69) is 37.5 Å². The van der Waals surface area contributed by atoms with Gasteiger partial charge >= 0.3 is 0 Å². The van der Waals surface area contributed by atoms with Crippen LogP contribution >= 0.6 is 0 Å². The summed E-state index contributed by atoms with van der Waals surface area (Å²) < 4.78 is 5.85. The van der Waals surface area contributed by atoms with Gasteiger partial charge in [0.05, 0.1) is 6.54 Å². The van der Waals surface area contributed by atoms with Crippen molar-refractivity contribution in [2.75, 3.05) is 26.2 Å². The molecule has 2 N–H and O–H groups in total. The second-order valence-electron chi connectivity index (χ2n) is 7.16. The maximum absolute atomic E-state index is 12.1. The van der Waals surface area contributed by atoms with Crippen LogP contribution in [0.5, 0.6) is 5.75 Å². The van der Waals surface area contributed by atoms with Crippen molar-refractivity contribution in [1.82, 2.24) is 10.6 Å². The van der Waals surface area contributed by atoms with Crippen LogP contribution in [-0.2, 0) is 4.79 Å². The molecule has 1 amide bonds. The number of carbonyl (C=O) groups excluding carboxylic acids is 1. The Balaban J connectivity index is 1.67. The maximum atomic E-state index is 12.1.